The lowest BCUT2D eigenvalue weighted by Gasteiger charge is -2.34. The molecule has 10 aromatic carbocycles. The van der Waals surface area contributed by atoms with Crippen molar-refractivity contribution < 1.29 is 0 Å². The SMILES string of the molecule is CC1(C)c2ccccc2-c2c(-c3ccccc3N(c3ccc4c(c3)-c3ccccc3C4(c3ccccc3)c3ccccc3)c3ccc4c(c3)c3ccccc3n4-c3ccccc3)cccc21. The monoisotopic (exact) mass is 842 g/mol. The quantitative estimate of drug-likeness (QED) is 0.155. The van der Waals surface area contributed by atoms with E-state index in [1.807, 2.05) is 0 Å². The maximum Gasteiger partial charge on any atom is 0.0713 e. The fourth-order valence-corrected chi connectivity index (χ4v) is 11.8. The maximum absolute atomic E-state index is 2.52. The van der Waals surface area contributed by atoms with E-state index in [-0.39, 0.29) is 5.41 Å². The van der Waals surface area contributed by atoms with Gasteiger partial charge in [-0.3, -0.25) is 0 Å². The van der Waals surface area contributed by atoms with Gasteiger partial charge in [-0.05, 0) is 116 Å². The zero-order valence-electron chi connectivity index (χ0n) is 37.0. The van der Waals surface area contributed by atoms with E-state index in [0.29, 0.717) is 0 Å². The van der Waals surface area contributed by atoms with Gasteiger partial charge in [0.2, 0.25) is 0 Å². The van der Waals surface area contributed by atoms with Crippen LogP contribution in [-0.2, 0) is 10.8 Å². The zero-order valence-corrected chi connectivity index (χ0v) is 37.0. The molecule has 0 saturated heterocycles. The molecule has 0 amide bonds. The van der Waals surface area contributed by atoms with Crippen LogP contribution in [0.4, 0.5) is 17.1 Å². The summed E-state index contributed by atoms with van der Waals surface area (Å²) in [5.41, 5.74) is 21.7. The van der Waals surface area contributed by atoms with Crippen molar-refractivity contribution in [2.75, 3.05) is 4.90 Å². The topological polar surface area (TPSA) is 8.17 Å². The number of aromatic nitrogens is 1. The van der Waals surface area contributed by atoms with Crippen molar-refractivity contribution in [2.24, 2.45) is 0 Å². The van der Waals surface area contributed by atoms with Crippen LogP contribution in [0.1, 0.15) is 47.2 Å². The third-order valence-corrected chi connectivity index (χ3v) is 14.7. The lowest BCUT2D eigenvalue weighted by Crippen LogP contribution is -2.28. The first-order chi connectivity index (χ1) is 32.5. The van der Waals surface area contributed by atoms with Gasteiger partial charge in [0.25, 0.3) is 0 Å². The lowest BCUT2D eigenvalue weighted by molar-refractivity contribution is 0.660. The van der Waals surface area contributed by atoms with Crippen LogP contribution < -0.4 is 4.90 Å². The average Bonchev–Trinajstić information content (AvgIpc) is 3.96. The third kappa shape index (κ3) is 5.42. The Morgan fingerprint density at radius 1 is 0.348 bits per heavy atom. The third-order valence-electron chi connectivity index (χ3n) is 14.7. The number of anilines is 3. The van der Waals surface area contributed by atoms with E-state index in [1.54, 1.807) is 0 Å². The Morgan fingerprint density at radius 3 is 1.64 bits per heavy atom. The summed E-state index contributed by atoms with van der Waals surface area (Å²) in [7, 11) is 0. The Kier molecular flexibility index (Phi) is 8.51. The molecule has 11 aromatic rings. The molecule has 0 radical (unpaired) electrons. The highest BCUT2D eigenvalue weighted by Gasteiger charge is 2.46. The molecule has 2 nitrogen and oxygen atoms in total. The molecule has 0 aliphatic heterocycles. The summed E-state index contributed by atoms with van der Waals surface area (Å²) in [6.45, 7) is 4.74. The molecule has 66 heavy (non-hydrogen) atoms. The predicted octanol–water partition coefficient (Wildman–Crippen LogP) is 16.6. The van der Waals surface area contributed by atoms with Crippen molar-refractivity contribution in [3.05, 3.63) is 276 Å². The van der Waals surface area contributed by atoms with E-state index < -0.39 is 5.41 Å². The van der Waals surface area contributed by atoms with Crippen LogP contribution in [0.25, 0.3) is 60.9 Å². The lowest BCUT2D eigenvalue weighted by atomic mass is 9.68. The van der Waals surface area contributed by atoms with Gasteiger partial charge >= 0.3 is 0 Å². The molecule has 2 aliphatic rings. The van der Waals surface area contributed by atoms with Gasteiger partial charge in [0.1, 0.15) is 0 Å². The number of hydrogen-bond acceptors (Lipinski definition) is 1. The molecule has 1 heterocycles. The number of benzene rings is 10. The van der Waals surface area contributed by atoms with Gasteiger partial charge in [-0.1, -0.05) is 202 Å². The second-order valence-corrected chi connectivity index (χ2v) is 18.4. The molecule has 2 heteroatoms. The van der Waals surface area contributed by atoms with Crippen molar-refractivity contribution in [3.63, 3.8) is 0 Å². The second kappa shape index (κ2) is 14.7. The van der Waals surface area contributed by atoms with Crippen LogP contribution in [-0.4, -0.2) is 4.57 Å². The van der Waals surface area contributed by atoms with E-state index in [4.69, 9.17) is 0 Å². The van der Waals surface area contributed by atoms with Crippen molar-refractivity contribution in [3.8, 4) is 39.1 Å². The normalized spacial score (nSPS) is 13.8. The van der Waals surface area contributed by atoms with E-state index in [1.165, 1.54) is 88.6 Å². The Hall–Kier alpha value is -8.20. The number of fused-ring (bicyclic) bond motifs is 9. The summed E-state index contributed by atoms with van der Waals surface area (Å²) in [5.74, 6) is 0. The average molecular weight is 843 g/mol. The molecule has 2 aliphatic carbocycles. The number of rotatable bonds is 7. The molecule has 0 N–H and O–H groups in total. The Labute approximate surface area is 386 Å². The Morgan fingerprint density at radius 2 is 0.879 bits per heavy atom. The van der Waals surface area contributed by atoms with Crippen LogP contribution in [0.3, 0.4) is 0 Å². The first-order valence-corrected chi connectivity index (χ1v) is 23.1. The van der Waals surface area contributed by atoms with Crippen LogP contribution in [0.15, 0.2) is 243 Å². The smallest absolute Gasteiger partial charge is 0.0713 e. The molecule has 13 rings (SSSR count). The van der Waals surface area contributed by atoms with Gasteiger partial charge < -0.3 is 9.47 Å². The summed E-state index contributed by atoms with van der Waals surface area (Å²) in [5, 5.41) is 2.44. The molecule has 1 aromatic heterocycles. The number of nitrogens with zero attached hydrogens (tertiary/aromatic N) is 2. The highest BCUT2D eigenvalue weighted by molar-refractivity contribution is 6.11. The van der Waals surface area contributed by atoms with Crippen molar-refractivity contribution >= 4 is 38.9 Å². The molecule has 0 spiro atoms. The summed E-state index contributed by atoms with van der Waals surface area (Å²) in [6.07, 6.45) is 0. The second-order valence-electron chi connectivity index (χ2n) is 18.4. The van der Waals surface area contributed by atoms with Gasteiger partial charge in [-0.2, -0.15) is 0 Å². The van der Waals surface area contributed by atoms with Crippen molar-refractivity contribution in [1.29, 1.82) is 0 Å². The number of hydrogen-bond donors (Lipinski definition) is 0. The molecule has 0 bridgehead atoms. The van der Waals surface area contributed by atoms with E-state index in [2.05, 4.69) is 266 Å². The van der Waals surface area contributed by atoms with Gasteiger partial charge in [0.05, 0.1) is 22.1 Å². The van der Waals surface area contributed by atoms with Gasteiger partial charge in [-0.15, -0.1) is 0 Å². The maximum atomic E-state index is 2.52. The van der Waals surface area contributed by atoms with Crippen molar-refractivity contribution in [1.82, 2.24) is 4.57 Å². The van der Waals surface area contributed by atoms with E-state index >= 15 is 0 Å². The molecule has 0 saturated carbocycles. The predicted molar refractivity (Wildman–Crippen MR) is 276 cm³/mol. The molecule has 0 atom stereocenters. The summed E-state index contributed by atoms with van der Waals surface area (Å²) in [4.78, 5) is 2.52. The minimum Gasteiger partial charge on any atom is -0.310 e. The standard InChI is InChI=1S/C64H46N2/c1-63(2)55-32-16-13-30-52(55)62-51(31-20-34-58(62)63)49-28-14-18-35-59(49)65(47-38-40-61-54(42-47)50-29-15-19-36-60(50)66(61)45-25-10-5-11-26-45)46-37-39-57-53(41-46)48-27-12-17-33-56(48)64(57,43-21-6-3-7-22-43)44-23-8-4-9-24-44/h3-42H,1-2H3. The van der Waals surface area contributed by atoms with Gasteiger partial charge in [0.15, 0.2) is 0 Å². The number of para-hydroxylation sites is 3. The van der Waals surface area contributed by atoms with Crippen LogP contribution in [0.5, 0.6) is 0 Å². The fraction of sp³-hybridized carbons (Fsp3) is 0.0625. The van der Waals surface area contributed by atoms with E-state index in [9.17, 15) is 0 Å². The fourth-order valence-electron chi connectivity index (χ4n) is 11.8. The largest absolute Gasteiger partial charge is 0.310 e. The summed E-state index contributed by atoms with van der Waals surface area (Å²) >= 11 is 0. The highest BCUT2D eigenvalue weighted by Crippen LogP contribution is 2.58. The Balaban J connectivity index is 1.09. The van der Waals surface area contributed by atoms with Crippen LogP contribution in [0.2, 0.25) is 0 Å². The summed E-state index contributed by atoms with van der Waals surface area (Å²) in [6, 6.07) is 90.1. The summed E-state index contributed by atoms with van der Waals surface area (Å²) < 4.78 is 2.40. The first-order valence-electron chi connectivity index (χ1n) is 23.1. The molecular formula is C64H46N2. The minimum atomic E-state index is -0.487. The molecular weight excluding hydrogens is 797 g/mol. The van der Waals surface area contributed by atoms with Crippen LogP contribution in [0, 0.1) is 0 Å². The van der Waals surface area contributed by atoms with E-state index in [0.717, 1.165) is 22.7 Å². The first kappa shape index (κ1) is 38.3. The van der Waals surface area contributed by atoms with Gasteiger partial charge in [0, 0.05) is 38.8 Å². The molecule has 0 unspecified atom stereocenters. The highest BCUT2D eigenvalue weighted by atomic mass is 15.1. The van der Waals surface area contributed by atoms with Gasteiger partial charge in [-0.25, -0.2) is 0 Å². The molecule has 312 valence electrons. The Bertz CT molecular complexity index is 3630. The zero-order chi connectivity index (χ0) is 44.0. The minimum absolute atomic E-state index is 0.119. The van der Waals surface area contributed by atoms with Crippen LogP contribution >= 0.6 is 0 Å². The molecule has 0 fully saturated rings. The van der Waals surface area contributed by atoms with Crippen molar-refractivity contribution in [2.45, 2.75) is 24.7 Å².